The number of nitrogens with zero attached hydrogens (tertiary/aromatic N) is 4. The molecule has 0 fully saturated rings. The molecule has 1 aliphatic rings. The van der Waals surface area contributed by atoms with Crippen LogP contribution in [0.1, 0.15) is 66.5 Å². The molecule has 2 aromatic heterocycles. The summed E-state index contributed by atoms with van der Waals surface area (Å²) in [5.41, 5.74) is 8.73. The summed E-state index contributed by atoms with van der Waals surface area (Å²) in [5, 5.41) is 13.4. The lowest BCUT2D eigenvalue weighted by Crippen LogP contribution is -2.37. The molecule has 3 heterocycles. The van der Waals surface area contributed by atoms with Crippen molar-refractivity contribution in [3.05, 3.63) is 62.5 Å². The number of aromatic nitrogens is 3. The topological polar surface area (TPSA) is 161 Å². The first-order valence-electron chi connectivity index (χ1n) is 16.3. The minimum absolute atomic E-state index is 0.106. The number of ether oxygens (including phenoxy) is 5. The lowest BCUT2D eigenvalue weighted by molar-refractivity contribution is -0.121. The molecule has 2 amide bonds. The third kappa shape index (κ3) is 10.8. The largest absolute Gasteiger partial charge is 0.443 e. The summed E-state index contributed by atoms with van der Waals surface area (Å²) in [5.74, 6) is 1.21. The normalized spacial score (nSPS) is 14.8. The number of hydrogen-bond acceptors (Lipinski definition) is 11. The van der Waals surface area contributed by atoms with Gasteiger partial charge in [-0.3, -0.25) is 14.4 Å². The molecule has 15 heteroatoms. The Labute approximate surface area is 296 Å². The number of carbonyl (C=O) groups is 2. The summed E-state index contributed by atoms with van der Waals surface area (Å²) in [4.78, 5) is 30.5. The minimum atomic E-state index is -0.819. The van der Waals surface area contributed by atoms with Crippen LogP contribution in [0.15, 0.2) is 29.3 Å². The van der Waals surface area contributed by atoms with Gasteiger partial charge in [0.15, 0.2) is 5.82 Å². The fraction of sp³-hybridized carbons (Fsp3) is 0.559. The molecule has 268 valence electrons. The molecule has 1 aromatic carbocycles. The van der Waals surface area contributed by atoms with E-state index in [1.807, 2.05) is 56.5 Å². The average Bonchev–Trinajstić information content (AvgIpc) is 3.52. The first-order chi connectivity index (χ1) is 23.4. The Morgan fingerprint density at radius 2 is 1.57 bits per heavy atom. The predicted molar refractivity (Wildman–Crippen MR) is 188 cm³/mol. The Morgan fingerprint density at radius 1 is 0.959 bits per heavy atom. The Balaban J connectivity index is 1.16. The van der Waals surface area contributed by atoms with Crippen LogP contribution in [-0.4, -0.2) is 98.0 Å². The van der Waals surface area contributed by atoms with Crippen molar-refractivity contribution in [3.8, 4) is 5.00 Å². The highest BCUT2D eigenvalue weighted by atomic mass is 35.5. The van der Waals surface area contributed by atoms with Crippen molar-refractivity contribution in [2.24, 2.45) is 16.1 Å². The van der Waals surface area contributed by atoms with E-state index in [1.54, 1.807) is 11.3 Å². The smallest absolute Gasteiger partial charge is 0.404 e. The summed E-state index contributed by atoms with van der Waals surface area (Å²) in [7, 11) is 0. The quantitative estimate of drug-likeness (QED) is 0.175. The van der Waals surface area contributed by atoms with Crippen LogP contribution < -0.4 is 11.1 Å². The van der Waals surface area contributed by atoms with E-state index >= 15 is 0 Å². The molecule has 0 aliphatic carbocycles. The van der Waals surface area contributed by atoms with E-state index in [4.69, 9.17) is 46.0 Å². The van der Waals surface area contributed by atoms with Crippen molar-refractivity contribution >= 4 is 40.6 Å². The second kappa shape index (κ2) is 18.0. The van der Waals surface area contributed by atoms with Crippen LogP contribution in [-0.2, 0) is 28.5 Å². The summed E-state index contributed by atoms with van der Waals surface area (Å²) >= 11 is 7.86. The fourth-order valence-corrected chi connectivity index (χ4v) is 6.43. The summed E-state index contributed by atoms with van der Waals surface area (Å²) in [6, 6.07) is 7.06. The maximum atomic E-state index is 13.1. The van der Waals surface area contributed by atoms with Crippen molar-refractivity contribution in [3.63, 3.8) is 0 Å². The van der Waals surface area contributed by atoms with Crippen LogP contribution in [0.25, 0.3) is 5.00 Å². The van der Waals surface area contributed by atoms with Crippen molar-refractivity contribution in [2.45, 2.75) is 60.1 Å². The molecular weight excluding hydrogens is 672 g/mol. The van der Waals surface area contributed by atoms with Crippen LogP contribution in [0.2, 0.25) is 5.02 Å². The average molecular weight is 719 g/mol. The van der Waals surface area contributed by atoms with Gasteiger partial charge >= 0.3 is 6.09 Å². The molecule has 1 unspecified atom stereocenters. The number of fused-ring (bicyclic) bond motifs is 3. The van der Waals surface area contributed by atoms with Crippen molar-refractivity contribution in [1.29, 1.82) is 0 Å². The molecule has 0 radical (unpaired) electrons. The monoisotopic (exact) mass is 718 g/mol. The lowest BCUT2D eigenvalue weighted by atomic mass is 9.89. The molecule has 3 aromatic rings. The summed E-state index contributed by atoms with van der Waals surface area (Å²) in [6.07, 6.45) is -1.16. The third-order valence-electron chi connectivity index (χ3n) is 7.91. The van der Waals surface area contributed by atoms with Gasteiger partial charge in [0.25, 0.3) is 0 Å². The van der Waals surface area contributed by atoms with Crippen molar-refractivity contribution < 1.29 is 33.3 Å². The fourth-order valence-electron chi connectivity index (χ4n) is 5.09. The number of nitrogens with one attached hydrogen (secondary N) is 1. The Bertz CT molecular complexity index is 1580. The van der Waals surface area contributed by atoms with Gasteiger partial charge in [0.05, 0.1) is 65.0 Å². The number of benzene rings is 1. The van der Waals surface area contributed by atoms with E-state index in [2.05, 4.69) is 29.4 Å². The number of aryl methyl sites for hydroxylation is 2. The zero-order valence-electron chi connectivity index (χ0n) is 29.0. The maximum absolute atomic E-state index is 13.1. The maximum Gasteiger partial charge on any atom is 0.404 e. The van der Waals surface area contributed by atoms with E-state index in [9.17, 15) is 9.59 Å². The van der Waals surface area contributed by atoms with Crippen LogP contribution in [0.4, 0.5) is 4.79 Å². The molecule has 49 heavy (non-hydrogen) atoms. The molecule has 3 N–H and O–H groups in total. The Kier molecular flexibility index (Phi) is 14.1. The highest BCUT2D eigenvalue weighted by Gasteiger charge is 2.32. The molecule has 4 rings (SSSR count). The molecular formula is C34H47ClN6O7S. The molecule has 0 saturated carbocycles. The van der Waals surface area contributed by atoms with Gasteiger partial charge in [-0.2, -0.15) is 0 Å². The highest BCUT2D eigenvalue weighted by Crippen LogP contribution is 2.39. The van der Waals surface area contributed by atoms with E-state index in [-0.39, 0.29) is 24.3 Å². The molecule has 0 spiro atoms. The molecule has 13 nitrogen and oxygen atoms in total. The van der Waals surface area contributed by atoms with Crippen molar-refractivity contribution in [2.75, 3.05) is 59.4 Å². The number of aliphatic imine (C=N–C) groups is 1. The SMILES string of the molecule is Cc1sc2c(c1C)C(c1ccc(Cl)cc1)=NC(CC(=O)NCCOCCOCCOCCOC[C@@H](OC(N)=O)C(C)(C)C)c1nnc(C)n1-2. The number of nitrogens with two attached hydrogens (primary N) is 1. The predicted octanol–water partition coefficient (Wildman–Crippen LogP) is 4.88. The van der Waals surface area contributed by atoms with Gasteiger partial charge in [0.2, 0.25) is 5.91 Å². The summed E-state index contributed by atoms with van der Waals surface area (Å²) < 4.78 is 29.4. The second-order valence-electron chi connectivity index (χ2n) is 12.7. The Hall–Kier alpha value is -3.40. The Morgan fingerprint density at radius 3 is 2.18 bits per heavy atom. The van der Waals surface area contributed by atoms with E-state index in [1.165, 1.54) is 4.88 Å². The molecule has 1 aliphatic heterocycles. The van der Waals surface area contributed by atoms with Gasteiger partial charge in [-0.05, 0) is 38.5 Å². The number of primary amides is 1. The van der Waals surface area contributed by atoms with E-state index in [0.717, 1.165) is 33.2 Å². The first kappa shape index (κ1) is 38.4. The molecule has 2 atom stereocenters. The zero-order chi connectivity index (χ0) is 35.6. The zero-order valence-corrected chi connectivity index (χ0v) is 30.6. The first-order valence-corrected chi connectivity index (χ1v) is 17.5. The van der Waals surface area contributed by atoms with Gasteiger partial charge in [-0.25, -0.2) is 4.79 Å². The van der Waals surface area contributed by atoms with Gasteiger partial charge < -0.3 is 34.7 Å². The second-order valence-corrected chi connectivity index (χ2v) is 14.3. The minimum Gasteiger partial charge on any atom is -0.443 e. The number of carbonyl (C=O) groups excluding carboxylic acids is 2. The number of hydrogen-bond donors (Lipinski definition) is 2. The van der Waals surface area contributed by atoms with Gasteiger partial charge in [0.1, 0.15) is 23.0 Å². The van der Waals surface area contributed by atoms with Crippen LogP contribution in [0, 0.1) is 26.2 Å². The standard InChI is InChI=1S/C34H47ClN6O7S/c1-21-22(2)49-32-29(21)30(24-7-9-25(35)10-8-24)38-26(31-40-39-23(3)41(31)32)19-28(42)37-11-12-44-13-14-45-15-16-46-17-18-47-20-27(34(4,5)6)48-33(36)43/h7-10,26-27H,11-20H2,1-6H3,(H2,36,43)(H,37,42)/t26?,27-/m1/s1. The number of halogens is 1. The third-order valence-corrected chi connectivity index (χ3v) is 9.36. The van der Waals surface area contributed by atoms with Gasteiger partial charge in [0, 0.05) is 33.0 Å². The van der Waals surface area contributed by atoms with Crippen molar-refractivity contribution in [1.82, 2.24) is 20.1 Å². The number of thiophene rings is 1. The molecule has 0 saturated heterocycles. The van der Waals surface area contributed by atoms with E-state index in [0.29, 0.717) is 63.6 Å². The molecule has 0 bridgehead atoms. The summed E-state index contributed by atoms with van der Waals surface area (Å²) in [6.45, 7) is 15.2. The number of amides is 2. The lowest BCUT2D eigenvalue weighted by Gasteiger charge is -2.29. The van der Waals surface area contributed by atoms with Crippen LogP contribution in [0.5, 0.6) is 0 Å². The van der Waals surface area contributed by atoms with Gasteiger partial charge in [-0.15, -0.1) is 21.5 Å². The highest BCUT2D eigenvalue weighted by molar-refractivity contribution is 7.15. The number of rotatable bonds is 18. The van der Waals surface area contributed by atoms with Crippen LogP contribution in [0.3, 0.4) is 0 Å². The van der Waals surface area contributed by atoms with E-state index < -0.39 is 18.2 Å². The van der Waals surface area contributed by atoms with Gasteiger partial charge in [-0.1, -0.05) is 44.5 Å². The van der Waals surface area contributed by atoms with Crippen LogP contribution >= 0.6 is 22.9 Å².